The van der Waals surface area contributed by atoms with Gasteiger partial charge < -0.3 is 14.7 Å². The molecule has 2 aromatic rings. The first-order chi connectivity index (χ1) is 10.0. The van der Waals surface area contributed by atoms with Gasteiger partial charge in [0.15, 0.2) is 0 Å². The Balaban J connectivity index is 2.24. The van der Waals surface area contributed by atoms with Gasteiger partial charge in [-0.1, -0.05) is 35.9 Å². The molecular formula is C17H18ClNO2. The molecule has 2 aromatic carbocycles. The van der Waals surface area contributed by atoms with E-state index in [1.807, 2.05) is 61.5 Å². The lowest BCUT2D eigenvalue weighted by atomic mass is 9.83. The molecule has 1 N–H and O–H groups in total. The number of hydrogen-bond acceptors (Lipinski definition) is 3. The van der Waals surface area contributed by atoms with Crippen molar-refractivity contribution in [1.29, 1.82) is 0 Å². The topological polar surface area (TPSA) is 32.7 Å². The molecule has 21 heavy (non-hydrogen) atoms. The molecule has 0 radical (unpaired) electrons. The number of likely N-dealkylation sites (N-methyl/N-ethyl adjacent to an activating group) is 1. The van der Waals surface area contributed by atoms with Gasteiger partial charge in [-0.25, -0.2) is 0 Å². The fraction of sp³-hybridized carbons (Fsp3) is 0.294. The Morgan fingerprint density at radius 1 is 1.19 bits per heavy atom. The van der Waals surface area contributed by atoms with Crippen molar-refractivity contribution in [3.8, 4) is 5.75 Å². The highest BCUT2D eigenvalue weighted by Crippen LogP contribution is 2.41. The highest BCUT2D eigenvalue weighted by Gasteiger charge is 2.38. The fourth-order valence-corrected chi connectivity index (χ4v) is 3.14. The number of aliphatic hydroxyl groups is 1. The monoisotopic (exact) mass is 303 g/mol. The van der Waals surface area contributed by atoms with Gasteiger partial charge in [0.1, 0.15) is 18.0 Å². The van der Waals surface area contributed by atoms with E-state index in [0.29, 0.717) is 23.9 Å². The maximum atomic E-state index is 11.5. The van der Waals surface area contributed by atoms with E-state index in [-0.39, 0.29) is 0 Å². The fourth-order valence-electron chi connectivity index (χ4n) is 2.95. The second-order valence-electron chi connectivity index (χ2n) is 5.68. The molecule has 1 aliphatic rings. The van der Waals surface area contributed by atoms with Crippen molar-refractivity contribution in [2.75, 3.05) is 20.6 Å². The van der Waals surface area contributed by atoms with Crippen LogP contribution in [0.4, 0.5) is 0 Å². The Bertz CT molecular complexity index is 672. The van der Waals surface area contributed by atoms with Crippen LogP contribution >= 0.6 is 11.6 Å². The SMILES string of the molecule is CN(C)CC1(O)c2ccc(Cl)cc2COc2ccccc21. The Labute approximate surface area is 129 Å². The molecule has 110 valence electrons. The van der Waals surface area contributed by atoms with Crippen molar-refractivity contribution in [3.05, 3.63) is 64.2 Å². The molecule has 0 aliphatic carbocycles. The summed E-state index contributed by atoms with van der Waals surface area (Å²) in [5.74, 6) is 0.717. The second-order valence-corrected chi connectivity index (χ2v) is 6.12. The Hall–Kier alpha value is -1.55. The van der Waals surface area contributed by atoms with Gasteiger partial charge in [0.05, 0.1) is 0 Å². The van der Waals surface area contributed by atoms with Crippen LogP contribution in [0.5, 0.6) is 5.75 Å². The van der Waals surface area contributed by atoms with Crippen LogP contribution in [-0.4, -0.2) is 30.6 Å². The number of halogens is 1. The number of rotatable bonds is 2. The van der Waals surface area contributed by atoms with E-state index in [4.69, 9.17) is 16.3 Å². The molecule has 3 nitrogen and oxygen atoms in total. The van der Waals surface area contributed by atoms with Gasteiger partial charge in [0, 0.05) is 17.1 Å². The molecule has 0 bridgehead atoms. The molecule has 4 heteroatoms. The maximum absolute atomic E-state index is 11.5. The minimum absolute atomic E-state index is 0.405. The number of fused-ring (bicyclic) bond motifs is 2. The first kappa shape index (κ1) is 14.4. The zero-order valence-corrected chi connectivity index (χ0v) is 12.9. The van der Waals surface area contributed by atoms with Crippen molar-refractivity contribution in [2.45, 2.75) is 12.2 Å². The highest BCUT2D eigenvalue weighted by molar-refractivity contribution is 6.30. The maximum Gasteiger partial charge on any atom is 0.131 e. The largest absolute Gasteiger partial charge is 0.488 e. The van der Waals surface area contributed by atoms with E-state index < -0.39 is 5.60 Å². The molecule has 1 aliphatic heterocycles. The number of ether oxygens (including phenoxy) is 1. The molecule has 0 fully saturated rings. The molecule has 1 heterocycles. The third-order valence-corrected chi connectivity index (χ3v) is 4.01. The molecule has 0 amide bonds. The zero-order valence-electron chi connectivity index (χ0n) is 12.1. The van der Waals surface area contributed by atoms with E-state index in [0.717, 1.165) is 16.7 Å². The minimum atomic E-state index is -1.11. The highest BCUT2D eigenvalue weighted by atomic mass is 35.5. The zero-order chi connectivity index (χ0) is 15.0. The van der Waals surface area contributed by atoms with E-state index in [1.165, 1.54) is 0 Å². The van der Waals surface area contributed by atoms with Gasteiger partial charge >= 0.3 is 0 Å². The van der Waals surface area contributed by atoms with E-state index in [1.54, 1.807) is 0 Å². The Morgan fingerprint density at radius 2 is 1.95 bits per heavy atom. The van der Waals surface area contributed by atoms with Crippen molar-refractivity contribution in [3.63, 3.8) is 0 Å². The summed E-state index contributed by atoms with van der Waals surface area (Å²) >= 11 is 6.09. The van der Waals surface area contributed by atoms with Crippen LogP contribution in [0.1, 0.15) is 16.7 Å². The van der Waals surface area contributed by atoms with Crippen molar-refractivity contribution >= 4 is 11.6 Å². The summed E-state index contributed by atoms with van der Waals surface area (Å²) in [6.45, 7) is 0.880. The summed E-state index contributed by atoms with van der Waals surface area (Å²) < 4.78 is 5.87. The predicted octanol–water partition coefficient (Wildman–Crippen LogP) is 3.03. The third kappa shape index (κ3) is 2.53. The summed E-state index contributed by atoms with van der Waals surface area (Å²) in [5, 5.41) is 12.1. The first-order valence-corrected chi connectivity index (χ1v) is 7.27. The van der Waals surface area contributed by atoms with Crippen LogP contribution in [0.15, 0.2) is 42.5 Å². The first-order valence-electron chi connectivity index (χ1n) is 6.89. The standard InChI is InChI=1S/C17H18ClNO2/c1-19(2)11-17(20)14-8-7-13(18)9-12(14)10-21-16-6-4-3-5-15(16)17/h3-9,20H,10-11H2,1-2H3. The number of nitrogens with zero attached hydrogens (tertiary/aromatic N) is 1. The Kier molecular flexibility index (Phi) is 3.66. The van der Waals surface area contributed by atoms with Gasteiger partial charge in [-0.05, 0) is 43.4 Å². The van der Waals surface area contributed by atoms with Crippen LogP contribution in [0.25, 0.3) is 0 Å². The third-order valence-electron chi connectivity index (χ3n) is 3.77. The number of benzene rings is 2. The average Bonchev–Trinajstić information content (AvgIpc) is 2.54. The van der Waals surface area contributed by atoms with E-state index in [2.05, 4.69) is 0 Å². The summed E-state index contributed by atoms with van der Waals surface area (Å²) in [6.07, 6.45) is 0. The quantitative estimate of drug-likeness (QED) is 0.925. The van der Waals surface area contributed by atoms with Gasteiger partial charge in [-0.3, -0.25) is 0 Å². The van der Waals surface area contributed by atoms with Crippen LogP contribution in [-0.2, 0) is 12.2 Å². The lowest BCUT2D eigenvalue weighted by Crippen LogP contribution is -2.39. The van der Waals surface area contributed by atoms with E-state index >= 15 is 0 Å². The van der Waals surface area contributed by atoms with Crippen LogP contribution < -0.4 is 4.74 Å². The Morgan fingerprint density at radius 3 is 2.71 bits per heavy atom. The molecule has 1 atom stereocenters. The van der Waals surface area contributed by atoms with Crippen LogP contribution in [0, 0.1) is 0 Å². The summed E-state index contributed by atoms with van der Waals surface area (Å²) in [6, 6.07) is 13.2. The summed E-state index contributed by atoms with van der Waals surface area (Å²) in [5.41, 5.74) is 1.45. The number of para-hydroxylation sites is 1. The lowest BCUT2D eigenvalue weighted by molar-refractivity contribution is 0.0508. The van der Waals surface area contributed by atoms with Crippen molar-refractivity contribution < 1.29 is 9.84 Å². The van der Waals surface area contributed by atoms with Gasteiger partial charge in [0.2, 0.25) is 0 Å². The summed E-state index contributed by atoms with van der Waals surface area (Å²) in [4.78, 5) is 1.97. The molecule has 1 unspecified atom stereocenters. The predicted molar refractivity (Wildman–Crippen MR) is 83.8 cm³/mol. The van der Waals surface area contributed by atoms with Gasteiger partial charge in [-0.15, -0.1) is 0 Å². The molecule has 3 rings (SSSR count). The molecule has 0 saturated carbocycles. The minimum Gasteiger partial charge on any atom is -0.488 e. The van der Waals surface area contributed by atoms with Crippen LogP contribution in [0.2, 0.25) is 5.02 Å². The van der Waals surface area contributed by atoms with Crippen molar-refractivity contribution in [1.82, 2.24) is 4.90 Å². The summed E-state index contributed by atoms with van der Waals surface area (Å²) in [7, 11) is 3.89. The van der Waals surface area contributed by atoms with E-state index in [9.17, 15) is 5.11 Å². The smallest absolute Gasteiger partial charge is 0.131 e. The number of hydrogen-bond donors (Lipinski definition) is 1. The molecular weight excluding hydrogens is 286 g/mol. The van der Waals surface area contributed by atoms with Gasteiger partial charge in [0.25, 0.3) is 0 Å². The second kappa shape index (κ2) is 5.34. The molecule has 0 spiro atoms. The molecule has 0 saturated heterocycles. The average molecular weight is 304 g/mol. The molecule has 0 aromatic heterocycles. The van der Waals surface area contributed by atoms with Crippen molar-refractivity contribution in [2.24, 2.45) is 0 Å². The lowest BCUT2D eigenvalue weighted by Gasteiger charge is -2.32. The normalized spacial score (nSPS) is 20.4. The van der Waals surface area contributed by atoms with Crippen LogP contribution in [0.3, 0.4) is 0 Å². The van der Waals surface area contributed by atoms with Gasteiger partial charge in [-0.2, -0.15) is 0 Å².